The second-order valence-electron chi connectivity index (χ2n) is 5.81. The fraction of sp³-hybridized carbons (Fsp3) is 0.529. The molecule has 0 spiro atoms. The minimum atomic E-state index is 0.454. The molecule has 1 N–H and O–H groups in total. The molecule has 2 heterocycles. The summed E-state index contributed by atoms with van der Waals surface area (Å²) in [5.41, 5.74) is 1.45. The van der Waals surface area contributed by atoms with Crippen LogP contribution in [0.5, 0.6) is 0 Å². The highest BCUT2D eigenvalue weighted by atomic mass is 32.1. The summed E-state index contributed by atoms with van der Waals surface area (Å²) >= 11 is 1.94. The number of aryl methyl sites for hydroxylation is 1. The van der Waals surface area contributed by atoms with Crippen LogP contribution in [0.1, 0.15) is 36.2 Å². The molecule has 1 aliphatic rings. The van der Waals surface area contributed by atoms with Gasteiger partial charge in [-0.05, 0) is 56.8 Å². The summed E-state index contributed by atoms with van der Waals surface area (Å²) in [7, 11) is 0. The van der Waals surface area contributed by atoms with Gasteiger partial charge in [0.2, 0.25) is 0 Å². The molecule has 1 aromatic carbocycles. The lowest BCUT2D eigenvalue weighted by Crippen LogP contribution is -2.31. The summed E-state index contributed by atoms with van der Waals surface area (Å²) < 4.78 is 1.41. The minimum absolute atomic E-state index is 0.454. The maximum atomic E-state index is 3.70. The molecule has 1 fully saturated rings. The Bertz CT molecular complexity index is 569. The summed E-state index contributed by atoms with van der Waals surface area (Å²) in [5.74, 6) is 0. The molecule has 1 atom stereocenters. The van der Waals surface area contributed by atoms with E-state index in [9.17, 15) is 0 Å². The van der Waals surface area contributed by atoms with Gasteiger partial charge in [-0.3, -0.25) is 0 Å². The van der Waals surface area contributed by atoms with Crippen molar-refractivity contribution in [2.75, 3.05) is 26.2 Å². The SMILES string of the molecule is Cc1c(C(C)NCCN2CCCC2)sc2ccccc12. The van der Waals surface area contributed by atoms with E-state index in [0.29, 0.717) is 6.04 Å². The van der Waals surface area contributed by atoms with Gasteiger partial charge in [-0.2, -0.15) is 0 Å². The van der Waals surface area contributed by atoms with E-state index in [0.717, 1.165) is 6.54 Å². The standard InChI is InChI=1S/C17H24N2S/c1-13-15-7-3-4-8-16(15)20-17(13)14(2)18-9-12-19-10-5-6-11-19/h3-4,7-8,14,18H,5-6,9-12H2,1-2H3. The van der Waals surface area contributed by atoms with Crippen LogP contribution in [0, 0.1) is 6.92 Å². The molecule has 2 aromatic rings. The monoisotopic (exact) mass is 288 g/mol. The van der Waals surface area contributed by atoms with Crippen molar-refractivity contribution in [1.29, 1.82) is 0 Å². The van der Waals surface area contributed by atoms with Crippen LogP contribution in [0.25, 0.3) is 10.1 Å². The first-order valence-corrected chi connectivity index (χ1v) is 8.51. The van der Waals surface area contributed by atoms with E-state index in [1.165, 1.54) is 53.0 Å². The number of fused-ring (bicyclic) bond motifs is 1. The third-order valence-corrected chi connectivity index (χ3v) is 5.81. The average molecular weight is 288 g/mol. The van der Waals surface area contributed by atoms with Gasteiger partial charge in [0.25, 0.3) is 0 Å². The number of rotatable bonds is 5. The van der Waals surface area contributed by atoms with Crippen molar-refractivity contribution in [2.24, 2.45) is 0 Å². The lowest BCUT2D eigenvalue weighted by atomic mass is 10.1. The lowest BCUT2D eigenvalue weighted by Gasteiger charge is -2.18. The fourth-order valence-electron chi connectivity index (χ4n) is 3.14. The third kappa shape index (κ3) is 2.90. The predicted molar refractivity (Wildman–Crippen MR) is 88.7 cm³/mol. The van der Waals surface area contributed by atoms with E-state index in [1.54, 1.807) is 0 Å². The first-order valence-electron chi connectivity index (χ1n) is 7.69. The zero-order chi connectivity index (χ0) is 13.9. The zero-order valence-corrected chi connectivity index (χ0v) is 13.3. The summed E-state index contributed by atoms with van der Waals surface area (Å²) in [5, 5.41) is 5.11. The van der Waals surface area contributed by atoms with E-state index in [1.807, 2.05) is 11.3 Å². The Morgan fingerprint density at radius 3 is 2.75 bits per heavy atom. The molecular formula is C17H24N2S. The van der Waals surface area contributed by atoms with Crippen molar-refractivity contribution in [2.45, 2.75) is 32.7 Å². The van der Waals surface area contributed by atoms with Gasteiger partial charge in [-0.15, -0.1) is 11.3 Å². The molecule has 0 aliphatic carbocycles. The summed E-state index contributed by atoms with van der Waals surface area (Å²) in [4.78, 5) is 4.06. The van der Waals surface area contributed by atoms with Gasteiger partial charge >= 0.3 is 0 Å². The van der Waals surface area contributed by atoms with Crippen molar-refractivity contribution >= 4 is 21.4 Å². The molecule has 0 amide bonds. The first-order chi connectivity index (χ1) is 9.75. The maximum absolute atomic E-state index is 3.70. The van der Waals surface area contributed by atoms with Gasteiger partial charge in [0.15, 0.2) is 0 Å². The molecule has 0 radical (unpaired) electrons. The van der Waals surface area contributed by atoms with E-state index in [2.05, 4.69) is 48.3 Å². The Labute approximate surface area is 125 Å². The highest BCUT2D eigenvalue weighted by molar-refractivity contribution is 7.19. The molecule has 3 heteroatoms. The van der Waals surface area contributed by atoms with Crippen molar-refractivity contribution in [3.63, 3.8) is 0 Å². The third-order valence-electron chi connectivity index (χ3n) is 4.35. The fourth-order valence-corrected chi connectivity index (χ4v) is 4.38. The second-order valence-corrected chi connectivity index (χ2v) is 6.90. The summed E-state index contributed by atoms with van der Waals surface area (Å²) in [6.07, 6.45) is 2.76. The Hall–Kier alpha value is -0.900. The molecule has 3 rings (SSSR count). The van der Waals surface area contributed by atoms with Crippen LogP contribution in [0.15, 0.2) is 24.3 Å². The van der Waals surface area contributed by atoms with Crippen LogP contribution >= 0.6 is 11.3 Å². The van der Waals surface area contributed by atoms with Crippen LogP contribution < -0.4 is 5.32 Å². The number of hydrogen-bond acceptors (Lipinski definition) is 3. The number of benzene rings is 1. The number of nitrogens with zero attached hydrogens (tertiary/aromatic N) is 1. The molecule has 0 saturated carbocycles. The van der Waals surface area contributed by atoms with Gasteiger partial charge in [0.05, 0.1) is 0 Å². The van der Waals surface area contributed by atoms with Crippen LogP contribution in [0.2, 0.25) is 0 Å². The van der Waals surface area contributed by atoms with Crippen molar-refractivity contribution < 1.29 is 0 Å². The zero-order valence-electron chi connectivity index (χ0n) is 12.5. The number of nitrogens with one attached hydrogen (secondary N) is 1. The van der Waals surface area contributed by atoms with Crippen LogP contribution in [0.3, 0.4) is 0 Å². The second kappa shape index (κ2) is 6.25. The molecule has 1 aromatic heterocycles. The quantitative estimate of drug-likeness (QED) is 0.896. The van der Waals surface area contributed by atoms with E-state index < -0.39 is 0 Å². The van der Waals surface area contributed by atoms with Crippen molar-refractivity contribution in [1.82, 2.24) is 10.2 Å². The Morgan fingerprint density at radius 2 is 2.00 bits per heavy atom. The molecule has 0 bridgehead atoms. The van der Waals surface area contributed by atoms with Crippen LogP contribution in [-0.4, -0.2) is 31.1 Å². The lowest BCUT2D eigenvalue weighted by molar-refractivity contribution is 0.330. The summed E-state index contributed by atoms with van der Waals surface area (Å²) in [6, 6.07) is 9.19. The van der Waals surface area contributed by atoms with E-state index in [-0.39, 0.29) is 0 Å². The van der Waals surface area contributed by atoms with Crippen LogP contribution in [0.4, 0.5) is 0 Å². The average Bonchev–Trinajstić information content (AvgIpc) is 3.08. The van der Waals surface area contributed by atoms with Crippen molar-refractivity contribution in [3.05, 3.63) is 34.7 Å². The molecule has 20 heavy (non-hydrogen) atoms. The topological polar surface area (TPSA) is 15.3 Å². The summed E-state index contributed by atoms with van der Waals surface area (Å²) in [6.45, 7) is 9.41. The predicted octanol–water partition coefficient (Wildman–Crippen LogP) is 3.96. The smallest absolute Gasteiger partial charge is 0.0389 e. The molecule has 1 saturated heterocycles. The van der Waals surface area contributed by atoms with Gasteiger partial charge in [-0.1, -0.05) is 18.2 Å². The Morgan fingerprint density at radius 1 is 1.25 bits per heavy atom. The number of likely N-dealkylation sites (tertiary alicyclic amines) is 1. The number of hydrogen-bond donors (Lipinski definition) is 1. The Balaban J connectivity index is 1.62. The highest BCUT2D eigenvalue weighted by Crippen LogP contribution is 2.34. The molecule has 1 aliphatic heterocycles. The number of thiophene rings is 1. The Kier molecular flexibility index (Phi) is 4.39. The van der Waals surface area contributed by atoms with Gasteiger partial charge < -0.3 is 10.2 Å². The molecular weight excluding hydrogens is 264 g/mol. The van der Waals surface area contributed by atoms with Gasteiger partial charge in [-0.25, -0.2) is 0 Å². The molecule has 108 valence electrons. The van der Waals surface area contributed by atoms with Crippen LogP contribution in [-0.2, 0) is 0 Å². The molecule has 1 unspecified atom stereocenters. The largest absolute Gasteiger partial charge is 0.308 e. The first kappa shape index (κ1) is 14.1. The van der Waals surface area contributed by atoms with Gasteiger partial charge in [0.1, 0.15) is 0 Å². The molecule has 2 nitrogen and oxygen atoms in total. The van der Waals surface area contributed by atoms with E-state index in [4.69, 9.17) is 0 Å². The minimum Gasteiger partial charge on any atom is -0.308 e. The highest BCUT2D eigenvalue weighted by Gasteiger charge is 2.15. The normalized spacial score (nSPS) is 17.9. The van der Waals surface area contributed by atoms with Crippen molar-refractivity contribution in [3.8, 4) is 0 Å². The maximum Gasteiger partial charge on any atom is 0.0389 e. The van der Waals surface area contributed by atoms with E-state index >= 15 is 0 Å². The van der Waals surface area contributed by atoms with Gasteiger partial charge in [0, 0.05) is 28.7 Å².